The predicted octanol–water partition coefficient (Wildman–Crippen LogP) is 5.29. The van der Waals surface area contributed by atoms with Crippen molar-refractivity contribution in [2.75, 3.05) is 11.9 Å². The van der Waals surface area contributed by atoms with Crippen LogP contribution in [0.1, 0.15) is 28.8 Å². The summed E-state index contributed by atoms with van der Waals surface area (Å²) in [6.07, 6.45) is 2.94. The molecule has 1 aliphatic heterocycles. The number of aromatic nitrogens is 2. The average Bonchev–Trinajstić information content (AvgIpc) is 2.85. The number of fused-ring (bicyclic) bond motifs is 1. The van der Waals surface area contributed by atoms with Crippen LogP contribution >= 0.6 is 23.2 Å². The third-order valence-corrected chi connectivity index (χ3v) is 5.49. The number of hydrogen-bond acceptors (Lipinski definition) is 3. The van der Waals surface area contributed by atoms with Gasteiger partial charge in [-0.25, -0.2) is 9.48 Å². The van der Waals surface area contributed by atoms with E-state index in [0.29, 0.717) is 15.7 Å². The van der Waals surface area contributed by atoms with Crippen molar-refractivity contribution in [2.45, 2.75) is 19.3 Å². The second-order valence-corrected chi connectivity index (χ2v) is 7.21. The molecule has 5 nitrogen and oxygen atoms in total. The summed E-state index contributed by atoms with van der Waals surface area (Å²) in [7, 11) is 0. The van der Waals surface area contributed by atoms with E-state index in [0.717, 1.165) is 48.4 Å². The number of carbonyl (C=O) groups is 1. The van der Waals surface area contributed by atoms with Crippen LogP contribution in [0.15, 0.2) is 42.5 Å². The Hall–Kier alpha value is -2.50. The molecule has 0 saturated carbocycles. The third-order valence-electron chi connectivity index (χ3n) is 4.67. The van der Waals surface area contributed by atoms with Crippen molar-refractivity contribution in [1.82, 2.24) is 9.78 Å². The molecular weight excluding hydrogens is 385 g/mol. The summed E-state index contributed by atoms with van der Waals surface area (Å²) in [6, 6.07) is 12.2. The summed E-state index contributed by atoms with van der Waals surface area (Å²) in [5, 5.41) is 18.5. The van der Waals surface area contributed by atoms with Gasteiger partial charge in [0.15, 0.2) is 0 Å². The largest absolute Gasteiger partial charge is 0.478 e. The monoisotopic (exact) mass is 401 g/mol. The van der Waals surface area contributed by atoms with Crippen molar-refractivity contribution >= 4 is 35.0 Å². The predicted molar refractivity (Wildman–Crippen MR) is 107 cm³/mol. The quantitative estimate of drug-likeness (QED) is 0.625. The van der Waals surface area contributed by atoms with E-state index in [1.54, 1.807) is 28.9 Å². The van der Waals surface area contributed by atoms with Crippen LogP contribution in [0.25, 0.3) is 16.9 Å². The van der Waals surface area contributed by atoms with E-state index < -0.39 is 5.97 Å². The number of rotatable bonds is 3. The number of carboxylic acid groups (broad SMARTS) is 1. The van der Waals surface area contributed by atoms with E-state index in [1.807, 2.05) is 18.2 Å². The molecule has 0 saturated heterocycles. The average molecular weight is 402 g/mol. The van der Waals surface area contributed by atoms with E-state index >= 15 is 0 Å². The number of hydrogen-bond donors (Lipinski definition) is 2. The molecule has 138 valence electrons. The van der Waals surface area contributed by atoms with Crippen LogP contribution in [-0.4, -0.2) is 27.4 Å². The van der Waals surface area contributed by atoms with Crippen molar-refractivity contribution in [3.8, 4) is 16.9 Å². The normalized spacial score (nSPS) is 13.6. The number of nitrogens with one attached hydrogen (secondary N) is 1. The van der Waals surface area contributed by atoms with E-state index in [-0.39, 0.29) is 5.56 Å². The smallest absolute Gasteiger partial charge is 0.335 e. The molecule has 0 atom stereocenters. The number of anilines is 1. The van der Waals surface area contributed by atoms with Gasteiger partial charge in [-0.1, -0.05) is 41.4 Å². The van der Waals surface area contributed by atoms with Gasteiger partial charge >= 0.3 is 5.97 Å². The summed E-state index contributed by atoms with van der Waals surface area (Å²) >= 11 is 12.7. The highest BCUT2D eigenvalue weighted by molar-refractivity contribution is 6.43. The summed E-state index contributed by atoms with van der Waals surface area (Å²) in [5.41, 5.74) is 3.51. The van der Waals surface area contributed by atoms with Gasteiger partial charge in [-0.3, -0.25) is 0 Å². The van der Waals surface area contributed by atoms with Gasteiger partial charge in [0.1, 0.15) is 5.82 Å². The molecule has 0 aliphatic carbocycles. The second kappa shape index (κ2) is 7.25. The molecule has 0 spiro atoms. The molecule has 27 heavy (non-hydrogen) atoms. The van der Waals surface area contributed by atoms with Crippen molar-refractivity contribution in [2.24, 2.45) is 0 Å². The van der Waals surface area contributed by atoms with Crippen molar-refractivity contribution in [3.05, 3.63) is 63.6 Å². The lowest BCUT2D eigenvalue weighted by Gasteiger charge is -2.09. The molecule has 2 aromatic carbocycles. The lowest BCUT2D eigenvalue weighted by molar-refractivity contribution is 0.0697. The maximum Gasteiger partial charge on any atom is 0.335 e. The number of carboxylic acids is 1. The van der Waals surface area contributed by atoms with Crippen LogP contribution in [0, 0.1) is 0 Å². The maximum absolute atomic E-state index is 11.4. The van der Waals surface area contributed by atoms with Crippen molar-refractivity contribution in [1.29, 1.82) is 0 Å². The summed E-state index contributed by atoms with van der Waals surface area (Å²) in [6.45, 7) is 0.833. The summed E-state index contributed by atoms with van der Waals surface area (Å²) in [4.78, 5) is 11.4. The van der Waals surface area contributed by atoms with Gasteiger partial charge in [0.05, 0.1) is 27.0 Å². The molecule has 1 aliphatic rings. The molecule has 4 rings (SSSR count). The Morgan fingerprint density at radius 3 is 2.78 bits per heavy atom. The number of aromatic carboxylic acids is 1. The van der Waals surface area contributed by atoms with E-state index in [2.05, 4.69) is 5.32 Å². The Balaban J connectivity index is 1.94. The molecular formula is C20H17Cl2N3O2. The highest BCUT2D eigenvalue weighted by Gasteiger charge is 2.23. The Morgan fingerprint density at radius 1 is 1.15 bits per heavy atom. The summed E-state index contributed by atoms with van der Waals surface area (Å²) < 4.78 is 1.76. The van der Waals surface area contributed by atoms with Crippen molar-refractivity contribution in [3.63, 3.8) is 0 Å². The molecule has 1 aromatic heterocycles. The van der Waals surface area contributed by atoms with Gasteiger partial charge in [-0.05, 0) is 43.5 Å². The zero-order valence-electron chi connectivity index (χ0n) is 14.4. The minimum absolute atomic E-state index is 0.215. The Kier molecular flexibility index (Phi) is 4.81. The minimum Gasteiger partial charge on any atom is -0.478 e. The fraction of sp³-hybridized carbons (Fsp3) is 0.200. The summed E-state index contributed by atoms with van der Waals surface area (Å²) in [5.74, 6) is -0.0951. The SMILES string of the molecule is O=C(O)c1cccc(-n2nc(-c3cccc(Cl)c3Cl)c3c2NCCCC3)c1. The topological polar surface area (TPSA) is 67.1 Å². The van der Waals surface area contributed by atoms with Crippen molar-refractivity contribution < 1.29 is 9.90 Å². The number of halogens is 2. The van der Waals surface area contributed by atoms with Crippen LogP contribution < -0.4 is 5.32 Å². The first-order valence-electron chi connectivity index (χ1n) is 8.70. The van der Waals surface area contributed by atoms with Gasteiger partial charge in [-0.15, -0.1) is 0 Å². The molecule has 0 amide bonds. The fourth-order valence-electron chi connectivity index (χ4n) is 3.36. The molecule has 7 heteroatoms. The van der Waals surface area contributed by atoms with Crippen LogP contribution in [0.2, 0.25) is 10.0 Å². The van der Waals surface area contributed by atoms with Gasteiger partial charge < -0.3 is 10.4 Å². The fourth-order valence-corrected chi connectivity index (χ4v) is 3.75. The maximum atomic E-state index is 11.4. The highest BCUT2D eigenvalue weighted by Crippen LogP contribution is 2.39. The zero-order valence-corrected chi connectivity index (χ0v) is 15.9. The van der Waals surface area contributed by atoms with Crippen LogP contribution in [0.4, 0.5) is 5.82 Å². The standard InChI is InChI=1S/C20H17Cl2N3O2/c21-16-9-4-8-14(17(16)22)18-15-7-1-2-10-23-19(15)25(24-18)13-6-3-5-12(11-13)20(26)27/h3-6,8-9,11,23H,1-2,7,10H2,(H,26,27). The van der Waals surface area contributed by atoms with Gasteiger partial charge in [-0.2, -0.15) is 5.10 Å². The Bertz CT molecular complexity index is 1030. The van der Waals surface area contributed by atoms with Crippen LogP contribution in [0.5, 0.6) is 0 Å². The van der Waals surface area contributed by atoms with Gasteiger partial charge in [0, 0.05) is 17.7 Å². The van der Waals surface area contributed by atoms with Crippen LogP contribution in [0.3, 0.4) is 0 Å². The highest BCUT2D eigenvalue weighted by atomic mass is 35.5. The Morgan fingerprint density at radius 2 is 1.96 bits per heavy atom. The third kappa shape index (κ3) is 3.29. The number of nitrogens with zero attached hydrogens (tertiary/aromatic N) is 2. The zero-order chi connectivity index (χ0) is 19.0. The first-order chi connectivity index (χ1) is 13.1. The van der Waals surface area contributed by atoms with Crippen LogP contribution in [-0.2, 0) is 6.42 Å². The molecule has 0 fully saturated rings. The minimum atomic E-state index is -0.971. The number of benzene rings is 2. The molecule has 0 unspecified atom stereocenters. The second-order valence-electron chi connectivity index (χ2n) is 6.43. The van der Waals surface area contributed by atoms with Gasteiger partial charge in [0.2, 0.25) is 0 Å². The lowest BCUT2D eigenvalue weighted by atomic mass is 10.0. The Labute approximate surface area is 166 Å². The molecule has 0 bridgehead atoms. The molecule has 0 radical (unpaired) electrons. The van der Waals surface area contributed by atoms with E-state index in [1.165, 1.54) is 0 Å². The van der Waals surface area contributed by atoms with E-state index in [4.69, 9.17) is 28.3 Å². The first kappa shape index (κ1) is 17.9. The van der Waals surface area contributed by atoms with E-state index in [9.17, 15) is 9.90 Å². The molecule has 2 heterocycles. The molecule has 2 N–H and O–H groups in total. The first-order valence-corrected chi connectivity index (χ1v) is 9.45. The van der Waals surface area contributed by atoms with Gasteiger partial charge in [0.25, 0.3) is 0 Å². The molecule has 3 aromatic rings. The lowest BCUT2D eigenvalue weighted by Crippen LogP contribution is -2.08.